The summed E-state index contributed by atoms with van der Waals surface area (Å²) in [6.07, 6.45) is 1.59. The van der Waals surface area contributed by atoms with Gasteiger partial charge in [-0.1, -0.05) is 12.1 Å². The summed E-state index contributed by atoms with van der Waals surface area (Å²) in [4.78, 5) is 10.8. The van der Waals surface area contributed by atoms with Gasteiger partial charge in [-0.2, -0.15) is 0 Å². The Bertz CT molecular complexity index is 706. The number of rotatable bonds is 3. The van der Waals surface area contributed by atoms with Crippen LogP contribution in [-0.4, -0.2) is 9.97 Å². The van der Waals surface area contributed by atoms with E-state index in [-0.39, 0.29) is 0 Å². The summed E-state index contributed by atoms with van der Waals surface area (Å²) >= 11 is 7.46. The first-order valence-electron chi connectivity index (χ1n) is 5.89. The van der Waals surface area contributed by atoms with E-state index < -0.39 is 0 Å². The molecule has 3 rings (SSSR count). The molecule has 0 aliphatic heterocycles. The summed E-state index contributed by atoms with van der Waals surface area (Å²) in [6, 6.07) is 10.1. The Kier molecular flexibility index (Phi) is 3.36. The van der Waals surface area contributed by atoms with Gasteiger partial charge in [0.2, 0.25) is 0 Å². The molecule has 0 amide bonds. The Morgan fingerprint density at radius 2 is 2.00 bits per heavy atom. The van der Waals surface area contributed by atoms with Gasteiger partial charge in [-0.05, 0) is 30.7 Å². The van der Waals surface area contributed by atoms with Crippen molar-refractivity contribution in [2.45, 2.75) is 12.8 Å². The Hall–Kier alpha value is -1.65. The first kappa shape index (κ1) is 12.4. The maximum absolute atomic E-state index is 5.78. The van der Waals surface area contributed by atoms with Gasteiger partial charge in [0.1, 0.15) is 17.0 Å². The highest BCUT2D eigenvalue weighted by atomic mass is 35.5. The monoisotopic (exact) mass is 289 g/mol. The number of anilines is 2. The summed E-state index contributed by atoms with van der Waals surface area (Å²) in [5, 5.41) is 4.39. The Balaban J connectivity index is 1.95. The van der Waals surface area contributed by atoms with Crippen LogP contribution >= 0.6 is 22.9 Å². The zero-order chi connectivity index (χ0) is 13.2. The highest BCUT2D eigenvalue weighted by Crippen LogP contribution is 2.29. The molecule has 19 heavy (non-hydrogen) atoms. The van der Waals surface area contributed by atoms with E-state index in [2.05, 4.69) is 28.3 Å². The van der Waals surface area contributed by atoms with E-state index in [1.165, 1.54) is 4.88 Å². The van der Waals surface area contributed by atoms with Gasteiger partial charge in [0, 0.05) is 16.4 Å². The van der Waals surface area contributed by atoms with Gasteiger partial charge in [-0.25, -0.2) is 9.97 Å². The molecule has 0 saturated carbocycles. The fourth-order valence-corrected chi connectivity index (χ4v) is 2.91. The number of nitrogens with one attached hydrogen (secondary N) is 1. The molecule has 0 saturated heterocycles. The van der Waals surface area contributed by atoms with E-state index in [1.807, 2.05) is 24.3 Å². The maximum atomic E-state index is 5.78. The molecule has 96 valence electrons. The summed E-state index contributed by atoms with van der Waals surface area (Å²) < 4.78 is 0. The first-order valence-corrected chi connectivity index (χ1v) is 7.24. The average molecular weight is 290 g/mol. The van der Waals surface area contributed by atoms with E-state index in [9.17, 15) is 0 Å². The quantitative estimate of drug-likeness (QED) is 0.722. The van der Waals surface area contributed by atoms with Crippen molar-refractivity contribution in [3.05, 3.63) is 47.1 Å². The van der Waals surface area contributed by atoms with Gasteiger partial charge < -0.3 is 5.32 Å². The molecule has 0 fully saturated rings. The minimum absolute atomic E-state index is 0.530. The lowest BCUT2D eigenvalue weighted by molar-refractivity contribution is 1.23. The zero-order valence-electron chi connectivity index (χ0n) is 10.4. The highest BCUT2D eigenvalue weighted by molar-refractivity contribution is 7.18. The van der Waals surface area contributed by atoms with Gasteiger partial charge in [-0.15, -0.1) is 22.9 Å². The normalized spacial score (nSPS) is 10.8. The number of nitrogens with zero attached hydrogens (tertiary/aromatic N) is 2. The third-order valence-electron chi connectivity index (χ3n) is 2.82. The number of aromatic nitrogens is 2. The standard InChI is InChI=1S/C14H12ClN3S/c1-9-6-12-13(16-8-17-14(12)19-9)18-11-4-2-10(7-15)3-5-11/h2-6,8H,7H2,1H3,(H,16,17,18). The number of benzene rings is 1. The number of hydrogen-bond acceptors (Lipinski definition) is 4. The van der Waals surface area contributed by atoms with Gasteiger partial charge in [0.25, 0.3) is 0 Å². The van der Waals surface area contributed by atoms with E-state index in [4.69, 9.17) is 11.6 Å². The van der Waals surface area contributed by atoms with Crippen molar-refractivity contribution in [2.75, 3.05) is 5.32 Å². The van der Waals surface area contributed by atoms with Gasteiger partial charge in [-0.3, -0.25) is 0 Å². The van der Waals surface area contributed by atoms with Crippen LogP contribution in [0.4, 0.5) is 11.5 Å². The molecule has 2 heterocycles. The molecule has 0 aliphatic carbocycles. The van der Waals surface area contributed by atoms with Crippen molar-refractivity contribution in [2.24, 2.45) is 0 Å². The molecular weight excluding hydrogens is 278 g/mol. The van der Waals surface area contributed by atoms with Crippen molar-refractivity contribution >= 4 is 44.7 Å². The molecule has 0 unspecified atom stereocenters. The molecule has 1 N–H and O–H groups in total. The molecule has 5 heteroatoms. The van der Waals surface area contributed by atoms with Crippen LogP contribution in [0.1, 0.15) is 10.4 Å². The van der Waals surface area contributed by atoms with Crippen LogP contribution in [0.25, 0.3) is 10.2 Å². The number of alkyl halides is 1. The molecule has 0 radical (unpaired) electrons. The van der Waals surface area contributed by atoms with Crippen LogP contribution in [0.5, 0.6) is 0 Å². The second-order valence-electron chi connectivity index (χ2n) is 4.25. The fraction of sp³-hybridized carbons (Fsp3) is 0.143. The third kappa shape index (κ3) is 2.55. The highest BCUT2D eigenvalue weighted by Gasteiger charge is 2.06. The lowest BCUT2D eigenvalue weighted by atomic mass is 10.2. The number of hydrogen-bond donors (Lipinski definition) is 1. The number of aryl methyl sites for hydroxylation is 1. The molecule has 0 spiro atoms. The number of halogens is 1. The summed E-state index contributed by atoms with van der Waals surface area (Å²) in [5.74, 6) is 1.37. The van der Waals surface area contributed by atoms with E-state index in [0.717, 1.165) is 27.3 Å². The summed E-state index contributed by atoms with van der Waals surface area (Å²) in [5.41, 5.74) is 2.10. The average Bonchev–Trinajstić information content (AvgIpc) is 2.81. The zero-order valence-corrected chi connectivity index (χ0v) is 11.9. The maximum Gasteiger partial charge on any atom is 0.142 e. The Morgan fingerprint density at radius 1 is 1.21 bits per heavy atom. The van der Waals surface area contributed by atoms with E-state index in [1.54, 1.807) is 17.7 Å². The molecule has 2 aromatic heterocycles. The van der Waals surface area contributed by atoms with Crippen LogP contribution in [0.15, 0.2) is 36.7 Å². The van der Waals surface area contributed by atoms with Crippen molar-refractivity contribution in [3.8, 4) is 0 Å². The van der Waals surface area contributed by atoms with Gasteiger partial charge >= 0.3 is 0 Å². The summed E-state index contributed by atoms with van der Waals surface area (Å²) in [7, 11) is 0. The Labute approximate surface area is 120 Å². The minimum Gasteiger partial charge on any atom is -0.340 e. The van der Waals surface area contributed by atoms with E-state index >= 15 is 0 Å². The molecule has 3 nitrogen and oxygen atoms in total. The Morgan fingerprint density at radius 3 is 2.74 bits per heavy atom. The van der Waals surface area contributed by atoms with Crippen molar-refractivity contribution in [3.63, 3.8) is 0 Å². The first-order chi connectivity index (χ1) is 9.26. The second kappa shape index (κ2) is 5.15. The lowest BCUT2D eigenvalue weighted by Gasteiger charge is -2.06. The van der Waals surface area contributed by atoms with Gasteiger partial charge in [0.05, 0.1) is 5.39 Å². The summed E-state index contributed by atoms with van der Waals surface area (Å²) in [6.45, 7) is 2.07. The minimum atomic E-state index is 0.530. The fourth-order valence-electron chi connectivity index (χ4n) is 1.89. The molecule has 0 bridgehead atoms. The van der Waals surface area contributed by atoms with E-state index in [0.29, 0.717) is 5.88 Å². The number of fused-ring (bicyclic) bond motifs is 1. The largest absolute Gasteiger partial charge is 0.340 e. The van der Waals surface area contributed by atoms with Gasteiger partial charge in [0.15, 0.2) is 0 Å². The number of thiophene rings is 1. The molecule has 0 atom stereocenters. The van der Waals surface area contributed by atoms with Crippen molar-refractivity contribution in [1.82, 2.24) is 9.97 Å². The molecule has 0 aliphatic rings. The van der Waals surface area contributed by atoms with Crippen molar-refractivity contribution < 1.29 is 0 Å². The van der Waals surface area contributed by atoms with Crippen LogP contribution in [-0.2, 0) is 5.88 Å². The second-order valence-corrected chi connectivity index (χ2v) is 5.76. The lowest BCUT2D eigenvalue weighted by Crippen LogP contribution is -1.94. The molecular formula is C14H12ClN3S. The predicted octanol–water partition coefficient (Wildman–Crippen LogP) is 4.48. The van der Waals surface area contributed by atoms with Crippen LogP contribution in [0.2, 0.25) is 0 Å². The van der Waals surface area contributed by atoms with Crippen LogP contribution in [0, 0.1) is 6.92 Å². The molecule has 1 aromatic carbocycles. The SMILES string of the molecule is Cc1cc2c(Nc3ccc(CCl)cc3)ncnc2s1. The third-order valence-corrected chi connectivity index (χ3v) is 4.09. The van der Waals surface area contributed by atoms with Crippen LogP contribution in [0.3, 0.4) is 0 Å². The van der Waals surface area contributed by atoms with Crippen molar-refractivity contribution in [1.29, 1.82) is 0 Å². The predicted molar refractivity (Wildman–Crippen MR) is 81.4 cm³/mol. The topological polar surface area (TPSA) is 37.8 Å². The van der Waals surface area contributed by atoms with Crippen LogP contribution < -0.4 is 5.32 Å². The molecule has 3 aromatic rings. The smallest absolute Gasteiger partial charge is 0.142 e.